The average Bonchev–Trinajstić information content (AvgIpc) is 3.52. The molecule has 1 aliphatic rings. The zero-order valence-electron chi connectivity index (χ0n) is 28.5. The molecule has 1 aliphatic carbocycles. The Kier molecular flexibility index (Phi) is 11.3. The van der Waals surface area contributed by atoms with Gasteiger partial charge in [0.2, 0.25) is 0 Å². The van der Waals surface area contributed by atoms with E-state index >= 15 is 0 Å². The Hall–Kier alpha value is -3.83. The van der Waals surface area contributed by atoms with Gasteiger partial charge < -0.3 is 9.40 Å². The Morgan fingerprint density at radius 3 is 2.29 bits per heavy atom. The Balaban J connectivity index is 0.000000208. The monoisotopic (exact) mass is 881 g/mol. The van der Waals surface area contributed by atoms with Crippen molar-refractivity contribution < 1.29 is 24.5 Å². The number of fused-ring (bicyclic) bond motifs is 3. The van der Waals surface area contributed by atoms with Crippen LogP contribution in [0.25, 0.3) is 55.6 Å². The van der Waals surface area contributed by atoms with Crippen molar-refractivity contribution in [3.8, 4) is 33.6 Å². The van der Waals surface area contributed by atoms with Crippen LogP contribution in [0, 0.1) is 18.1 Å². The number of benzene rings is 4. The molecule has 1 saturated carbocycles. The molecule has 0 aliphatic heterocycles. The third-order valence-corrected chi connectivity index (χ3v) is 13.7. The van der Waals surface area contributed by atoms with E-state index in [-0.39, 0.29) is 20.1 Å². The van der Waals surface area contributed by atoms with Crippen molar-refractivity contribution in [2.45, 2.75) is 55.8 Å². The van der Waals surface area contributed by atoms with Gasteiger partial charge in [-0.2, -0.15) is 0 Å². The van der Waals surface area contributed by atoms with Gasteiger partial charge in [-0.1, -0.05) is 109 Å². The number of furan rings is 1. The number of rotatable bonds is 6. The quantitative estimate of drug-likeness (QED) is 0.123. The van der Waals surface area contributed by atoms with E-state index in [0.29, 0.717) is 0 Å². The number of hydrogen-bond donors (Lipinski definition) is 0. The standard InChI is InChI=1S/C30H26NO.C14H16GeN.Ir/c1-3-9-21(10-4-1)19-22-17-18-31-27(20-22)25-16-15-24(23-11-5-2-6-12-23)29-26-13-7-8-14-28(26)32-30(25)29;1-15(2,3)13-9-10-14(16-11-13)12-7-5-4-6-8-12;/h2,5-8,11-15,17-18,20-21H,1,3-4,9-10,19H2;4-7,9-11H,1-3H3;/q2*-1;. The summed E-state index contributed by atoms with van der Waals surface area (Å²) in [6.07, 6.45) is 12.0. The van der Waals surface area contributed by atoms with Crippen molar-refractivity contribution in [2.75, 3.05) is 0 Å². The third-order valence-electron chi connectivity index (χ3n) is 9.48. The predicted octanol–water partition coefficient (Wildman–Crippen LogP) is 11.3. The van der Waals surface area contributed by atoms with E-state index in [1.807, 2.05) is 54.9 Å². The third kappa shape index (κ3) is 8.15. The van der Waals surface area contributed by atoms with Crippen LogP contribution in [0.4, 0.5) is 0 Å². The zero-order valence-corrected chi connectivity index (χ0v) is 33.0. The molecular weight excluding hydrogens is 837 g/mol. The molecule has 8 rings (SSSR count). The predicted molar refractivity (Wildman–Crippen MR) is 203 cm³/mol. The van der Waals surface area contributed by atoms with Crippen molar-refractivity contribution >= 4 is 39.6 Å². The summed E-state index contributed by atoms with van der Waals surface area (Å²) in [4.78, 5) is 9.27. The maximum atomic E-state index is 6.42. The number of aromatic nitrogens is 2. The normalized spacial score (nSPS) is 13.4. The Morgan fingerprint density at radius 1 is 0.776 bits per heavy atom. The molecule has 249 valence electrons. The molecule has 0 amide bonds. The van der Waals surface area contributed by atoms with Crippen molar-refractivity contribution in [3.05, 3.63) is 139 Å². The molecule has 3 heterocycles. The summed E-state index contributed by atoms with van der Waals surface area (Å²) in [5.74, 6) is 7.94. The van der Waals surface area contributed by atoms with Crippen LogP contribution in [0.3, 0.4) is 0 Å². The molecule has 0 saturated heterocycles. The Labute approximate surface area is 306 Å². The van der Waals surface area contributed by atoms with Crippen molar-refractivity contribution in [1.82, 2.24) is 9.97 Å². The molecule has 1 fully saturated rings. The molecule has 49 heavy (non-hydrogen) atoms. The number of para-hydroxylation sites is 1. The van der Waals surface area contributed by atoms with Crippen molar-refractivity contribution in [2.24, 2.45) is 5.92 Å². The molecule has 0 unspecified atom stereocenters. The van der Waals surface area contributed by atoms with E-state index in [9.17, 15) is 0 Å². The van der Waals surface area contributed by atoms with Crippen LogP contribution in [0.2, 0.25) is 17.3 Å². The number of hydrogen-bond acceptors (Lipinski definition) is 3. The van der Waals surface area contributed by atoms with Gasteiger partial charge in [-0.25, -0.2) is 0 Å². The maximum Gasteiger partial charge on any atom is 0.120 e. The summed E-state index contributed by atoms with van der Waals surface area (Å²) < 4.78 is 7.86. The zero-order chi connectivity index (χ0) is 32.9. The molecule has 5 heteroatoms. The van der Waals surface area contributed by atoms with E-state index in [1.165, 1.54) is 47.6 Å². The molecule has 0 bridgehead atoms. The molecule has 0 spiro atoms. The van der Waals surface area contributed by atoms with Crippen molar-refractivity contribution in [3.63, 3.8) is 0 Å². The molecular formula is C44H42GeIrN2O-2. The number of nitrogens with zero attached hydrogens (tertiary/aromatic N) is 2. The van der Waals surface area contributed by atoms with Gasteiger partial charge in [-0.15, -0.1) is 12.1 Å². The summed E-state index contributed by atoms with van der Waals surface area (Å²) in [6, 6.07) is 44.3. The average molecular weight is 880 g/mol. The van der Waals surface area contributed by atoms with Gasteiger partial charge in [0.15, 0.2) is 0 Å². The fourth-order valence-corrected chi connectivity index (χ4v) is 8.99. The summed E-state index contributed by atoms with van der Waals surface area (Å²) in [7, 11) is 0. The van der Waals surface area contributed by atoms with Crippen LogP contribution in [-0.4, -0.2) is 23.2 Å². The smallest absolute Gasteiger partial charge is 0.120 e. The molecule has 1 radical (unpaired) electrons. The second-order valence-electron chi connectivity index (χ2n) is 14.0. The van der Waals surface area contributed by atoms with Gasteiger partial charge in [-0.3, -0.25) is 0 Å². The molecule has 3 aromatic heterocycles. The minimum Gasteiger partial charge on any atom is -0.501 e. The van der Waals surface area contributed by atoms with Gasteiger partial charge in [0.1, 0.15) is 5.58 Å². The van der Waals surface area contributed by atoms with Gasteiger partial charge in [0.05, 0.1) is 5.58 Å². The minimum atomic E-state index is -1.72. The first-order chi connectivity index (χ1) is 23.4. The summed E-state index contributed by atoms with van der Waals surface area (Å²) in [5.41, 5.74) is 9.42. The molecule has 0 N–H and O–H groups in total. The molecule has 4 aromatic carbocycles. The summed E-state index contributed by atoms with van der Waals surface area (Å²) >= 11 is -1.72. The fraction of sp³-hybridized carbons (Fsp3) is 0.227. The second-order valence-corrected chi connectivity index (χ2v) is 24.6. The van der Waals surface area contributed by atoms with E-state index in [1.54, 1.807) is 0 Å². The van der Waals surface area contributed by atoms with E-state index in [0.717, 1.165) is 62.4 Å². The first-order valence-corrected chi connectivity index (χ1v) is 24.6. The van der Waals surface area contributed by atoms with Crippen LogP contribution in [-0.2, 0) is 26.5 Å². The van der Waals surface area contributed by atoms with Gasteiger partial charge in [0, 0.05) is 31.7 Å². The van der Waals surface area contributed by atoms with Crippen LogP contribution in [0.5, 0.6) is 0 Å². The summed E-state index contributed by atoms with van der Waals surface area (Å²) in [5, 5.41) is 2.27. The topological polar surface area (TPSA) is 38.9 Å². The summed E-state index contributed by atoms with van der Waals surface area (Å²) in [6.45, 7) is 0. The first-order valence-electron chi connectivity index (χ1n) is 17.2. The van der Waals surface area contributed by atoms with E-state index < -0.39 is 13.3 Å². The van der Waals surface area contributed by atoms with Gasteiger partial charge in [-0.05, 0) is 35.6 Å². The van der Waals surface area contributed by atoms with E-state index in [2.05, 4.69) is 101 Å². The second kappa shape index (κ2) is 15.8. The maximum absolute atomic E-state index is 6.42. The molecule has 0 atom stereocenters. The van der Waals surface area contributed by atoms with Gasteiger partial charge >= 0.3 is 99.8 Å². The SMILES string of the molecule is [CH3][Ge]([CH3])([CH3])[c]1ccc(-c2[c-]cccc2)nc1.[Ir].[c-]1cc(-c2ccccc2)c2c(oc3ccccc32)c1-c1cc(CC2CCCCC2)ccn1. The number of pyridine rings is 2. The van der Waals surface area contributed by atoms with Crippen LogP contribution in [0.15, 0.2) is 126 Å². The van der Waals surface area contributed by atoms with Crippen LogP contribution < -0.4 is 4.40 Å². The molecule has 3 nitrogen and oxygen atoms in total. The largest absolute Gasteiger partial charge is 0.501 e. The molecule has 7 aromatic rings. The van der Waals surface area contributed by atoms with Crippen LogP contribution >= 0.6 is 0 Å². The fourth-order valence-electron chi connectivity index (χ4n) is 6.82. The van der Waals surface area contributed by atoms with Crippen LogP contribution in [0.1, 0.15) is 37.7 Å². The Bertz CT molecular complexity index is 2110. The minimum absolute atomic E-state index is 0. The van der Waals surface area contributed by atoms with Gasteiger partial charge in [0.25, 0.3) is 0 Å². The van der Waals surface area contributed by atoms with E-state index in [4.69, 9.17) is 9.40 Å². The van der Waals surface area contributed by atoms with Crippen molar-refractivity contribution in [1.29, 1.82) is 0 Å². The Morgan fingerprint density at radius 2 is 1.55 bits per heavy atom. The first kappa shape index (κ1) is 35.0.